The van der Waals surface area contributed by atoms with E-state index in [1.54, 1.807) is 7.11 Å². The summed E-state index contributed by atoms with van der Waals surface area (Å²) in [5, 5.41) is 3.52. The van der Waals surface area contributed by atoms with Gasteiger partial charge in [-0.3, -0.25) is 0 Å². The minimum absolute atomic E-state index is 0.195. The zero-order valence-corrected chi connectivity index (χ0v) is 13.3. The fourth-order valence-electron chi connectivity index (χ4n) is 2.24. The van der Waals surface area contributed by atoms with Crippen molar-refractivity contribution in [3.8, 4) is 5.75 Å². The Hall–Kier alpha value is -1.02. The first kappa shape index (κ1) is 16.0. The van der Waals surface area contributed by atoms with E-state index in [0.717, 1.165) is 25.3 Å². The van der Waals surface area contributed by atoms with Crippen molar-refractivity contribution in [2.45, 2.75) is 46.5 Å². The van der Waals surface area contributed by atoms with Gasteiger partial charge in [0.15, 0.2) is 0 Å². The van der Waals surface area contributed by atoms with Crippen LogP contribution in [0.4, 0.5) is 0 Å². The molecule has 0 aliphatic rings. The van der Waals surface area contributed by atoms with Crippen molar-refractivity contribution in [3.05, 3.63) is 29.3 Å². The predicted molar refractivity (Wildman–Crippen MR) is 83.1 cm³/mol. The molecule has 0 spiro atoms. The molecular formula is C17H29NO. The van der Waals surface area contributed by atoms with Crippen LogP contribution in [0, 0.1) is 12.8 Å². The van der Waals surface area contributed by atoms with Crippen molar-refractivity contribution in [2.75, 3.05) is 20.2 Å². The Kier molecular flexibility index (Phi) is 5.86. The normalized spacial score (nSPS) is 11.9. The van der Waals surface area contributed by atoms with E-state index in [0.29, 0.717) is 5.92 Å². The lowest BCUT2D eigenvalue weighted by molar-refractivity contribution is 0.409. The third kappa shape index (κ3) is 4.87. The molecule has 1 N–H and O–H groups in total. The molecular weight excluding hydrogens is 234 g/mol. The minimum Gasteiger partial charge on any atom is -0.496 e. The first-order valence-electron chi connectivity index (χ1n) is 7.22. The third-order valence-electron chi connectivity index (χ3n) is 3.66. The van der Waals surface area contributed by atoms with Gasteiger partial charge in [-0.2, -0.15) is 0 Å². The highest BCUT2D eigenvalue weighted by atomic mass is 16.5. The van der Waals surface area contributed by atoms with E-state index in [4.69, 9.17) is 4.74 Å². The summed E-state index contributed by atoms with van der Waals surface area (Å²) in [6.07, 6.45) is 1.14. The van der Waals surface area contributed by atoms with Crippen LogP contribution in [0.3, 0.4) is 0 Å². The van der Waals surface area contributed by atoms with Gasteiger partial charge in [0.25, 0.3) is 0 Å². The maximum atomic E-state index is 5.33. The number of rotatable bonds is 7. The van der Waals surface area contributed by atoms with Crippen LogP contribution in [0.2, 0.25) is 0 Å². The molecule has 1 aromatic carbocycles. The van der Waals surface area contributed by atoms with Gasteiger partial charge in [0.1, 0.15) is 5.75 Å². The summed E-state index contributed by atoms with van der Waals surface area (Å²) < 4.78 is 5.33. The minimum atomic E-state index is 0.195. The second kappa shape index (κ2) is 6.95. The molecule has 0 aromatic heterocycles. The summed E-state index contributed by atoms with van der Waals surface area (Å²) in [7, 11) is 1.73. The summed E-state index contributed by atoms with van der Waals surface area (Å²) >= 11 is 0. The Morgan fingerprint density at radius 1 is 1.26 bits per heavy atom. The Morgan fingerprint density at radius 2 is 1.95 bits per heavy atom. The average molecular weight is 263 g/mol. The molecule has 1 rings (SSSR count). The van der Waals surface area contributed by atoms with E-state index >= 15 is 0 Å². The molecule has 0 unspecified atom stereocenters. The van der Waals surface area contributed by atoms with Gasteiger partial charge in [0.05, 0.1) is 7.11 Å². The third-order valence-corrected chi connectivity index (χ3v) is 3.66. The fourth-order valence-corrected chi connectivity index (χ4v) is 2.24. The topological polar surface area (TPSA) is 21.3 Å². The molecule has 1 aromatic rings. The molecule has 0 radical (unpaired) electrons. The van der Waals surface area contributed by atoms with Crippen molar-refractivity contribution in [1.29, 1.82) is 0 Å². The van der Waals surface area contributed by atoms with E-state index in [1.807, 2.05) is 0 Å². The highest BCUT2D eigenvalue weighted by Gasteiger charge is 2.20. The van der Waals surface area contributed by atoms with Crippen molar-refractivity contribution in [3.63, 3.8) is 0 Å². The van der Waals surface area contributed by atoms with Crippen molar-refractivity contribution < 1.29 is 4.74 Å². The first-order valence-corrected chi connectivity index (χ1v) is 7.22. The quantitative estimate of drug-likeness (QED) is 0.753. The van der Waals surface area contributed by atoms with Crippen LogP contribution in [0.25, 0.3) is 0 Å². The van der Waals surface area contributed by atoms with Gasteiger partial charge in [-0.25, -0.2) is 0 Å². The fraction of sp³-hybridized carbons (Fsp3) is 0.647. The second-order valence-electron chi connectivity index (χ2n) is 6.42. The Balaban J connectivity index is 2.63. The molecule has 0 atom stereocenters. The highest BCUT2D eigenvalue weighted by molar-refractivity contribution is 5.38. The Labute approximate surface area is 118 Å². The summed E-state index contributed by atoms with van der Waals surface area (Å²) in [6.45, 7) is 13.4. The van der Waals surface area contributed by atoms with Crippen LogP contribution < -0.4 is 10.1 Å². The monoisotopic (exact) mass is 263 g/mol. The van der Waals surface area contributed by atoms with Crippen LogP contribution >= 0.6 is 0 Å². The molecule has 0 aliphatic heterocycles. The van der Waals surface area contributed by atoms with E-state index in [-0.39, 0.29) is 5.41 Å². The van der Waals surface area contributed by atoms with Crippen molar-refractivity contribution in [1.82, 2.24) is 5.32 Å². The van der Waals surface area contributed by atoms with E-state index in [1.165, 1.54) is 11.1 Å². The molecule has 19 heavy (non-hydrogen) atoms. The van der Waals surface area contributed by atoms with E-state index in [9.17, 15) is 0 Å². The van der Waals surface area contributed by atoms with Crippen molar-refractivity contribution >= 4 is 0 Å². The lowest BCUT2D eigenvalue weighted by atomic mass is 9.81. The second-order valence-corrected chi connectivity index (χ2v) is 6.42. The summed E-state index contributed by atoms with van der Waals surface area (Å²) in [6, 6.07) is 6.52. The Bertz CT molecular complexity index is 396. The maximum Gasteiger partial charge on any atom is 0.121 e. The first-order chi connectivity index (χ1) is 8.86. The van der Waals surface area contributed by atoms with Crippen molar-refractivity contribution in [2.24, 2.45) is 5.92 Å². The molecule has 108 valence electrons. The lowest BCUT2D eigenvalue weighted by Gasteiger charge is -2.26. The maximum absolute atomic E-state index is 5.33. The number of methoxy groups -OCH3 is 1. The molecule has 0 aliphatic carbocycles. The predicted octanol–water partition coefficient (Wildman–Crippen LogP) is 3.92. The molecule has 0 fully saturated rings. The number of nitrogens with one attached hydrogen (secondary N) is 1. The summed E-state index contributed by atoms with van der Waals surface area (Å²) in [5.41, 5.74) is 2.79. The van der Waals surface area contributed by atoms with Gasteiger partial charge >= 0.3 is 0 Å². The van der Waals surface area contributed by atoms with Gasteiger partial charge in [-0.15, -0.1) is 0 Å². The average Bonchev–Trinajstić information content (AvgIpc) is 2.34. The molecule has 2 heteroatoms. The van der Waals surface area contributed by atoms with E-state index < -0.39 is 0 Å². The highest BCUT2D eigenvalue weighted by Crippen LogP contribution is 2.30. The molecule has 2 nitrogen and oxygen atoms in total. The van der Waals surface area contributed by atoms with Crippen LogP contribution in [0.5, 0.6) is 5.75 Å². The lowest BCUT2D eigenvalue weighted by Crippen LogP contribution is -2.27. The number of hydrogen-bond acceptors (Lipinski definition) is 2. The van der Waals surface area contributed by atoms with Crippen LogP contribution in [-0.2, 0) is 5.41 Å². The smallest absolute Gasteiger partial charge is 0.121 e. The van der Waals surface area contributed by atoms with Crippen LogP contribution in [-0.4, -0.2) is 20.2 Å². The van der Waals surface area contributed by atoms with E-state index in [2.05, 4.69) is 58.1 Å². The zero-order valence-electron chi connectivity index (χ0n) is 13.3. The standard InChI is InChI=1S/C17H29NO/c1-13(2)12-18-10-9-17(4,5)15-7-8-16(19-6)14(3)11-15/h7-8,11,13,18H,9-10,12H2,1-6H3. The molecule has 0 bridgehead atoms. The number of benzene rings is 1. The molecule has 0 saturated carbocycles. The summed E-state index contributed by atoms with van der Waals surface area (Å²) in [4.78, 5) is 0. The van der Waals surface area contributed by atoms with Crippen LogP contribution in [0.15, 0.2) is 18.2 Å². The van der Waals surface area contributed by atoms with Gasteiger partial charge in [0.2, 0.25) is 0 Å². The van der Waals surface area contributed by atoms with Gasteiger partial charge in [-0.05, 0) is 55.0 Å². The van der Waals surface area contributed by atoms with Crippen LogP contribution in [0.1, 0.15) is 45.2 Å². The SMILES string of the molecule is COc1ccc(C(C)(C)CCNCC(C)C)cc1C. The molecule has 0 heterocycles. The van der Waals surface area contributed by atoms with Gasteiger partial charge in [-0.1, -0.05) is 39.8 Å². The van der Waals surface area contributed by atoms with Gasteiger partial charge < -0.3 is 10.1 Å². The Morgan fingerprint density at radius 3 is 2.47 bits per heavy atom. The largest absolute Gasteiger partial charge is 0.496 e. The zero-order chi connectivity index (χ0) is 14.5. The number of hydrogen-bond donors (Lipinski definition) is 1. The van der Waals surface area contributed by atoms with Gasteiger partial charge in [0, 0.05) is 0 Å². The summed E-state index contributed by atoms with van der Waals surface area (Å²) in [5.74, 6) is 1.68. The number of aryl methyl sites for hydroxylation is 1. The number of ether oxygens (including phenoxy) is 1. The molecule has 0 amide bonds. The molecule has 0 saturated heterocycles.